The van der Waals surface area contributed by atoms with Gasteiger partial charge in [-0.2, -0.15) is 0 Å². The number of carboxylic acid groups (broad SMARTS) is 1. The summed E-state index contributed by atoms with van der Waals surface area (Å²) >= 11 is 1.69. The predicted molar refractivity (Wildman–Crippen MR) is 122 cm³/mol. The fraction of sp³-hybridized carbons (Fsp3) is 0.500. The van der Waals surface area contributed by atoms with Gasteiger partial charge in [-0.25, -0.2) is 14.6 Å². The minimum Gasteiger partial charge on any atom is -0.465 e. The summed E-state index contributed by atoms with van der Waals surface area (Å²) < 4.78 is 5.16. The highest BCUT2D eigenvalue weighted by molar-refractivity contribution is 7.15. The summed E-state index contributed by atoms with van der Waals surface area (Å²) in [4.78, 5) is 28.5. The molecule has 1 aromatic heterocycles. The topological polar surface area (TPSA) is 113 Å². The van der Waals surface area contributed by atoms with Gasteiger partial charge in [-0.15, -0.1) is 11.3 Å². The van der Waals surface area contributed by atoms with Crippen molar-refractivity contribution in [3.63, 3.8) is 0 Å². The van der Waals surface area contributed by atoms with E-state index in [4.69, 9.17) is 9.84 Å². The number of benzene rings is 1. The van der Waals surface area contributed by atoms with E-state index >= 15 is 0 Å². The van der Waals surface area contributed by atoms with Gasteiger partial charge in [0, 0.05) is 30.4 Å². The fourth-order valence-corrected chi connectivity index (χ4v) is 5.02. The van der Waals surface area contributed by atoms with Crippen LogP contribution in [-0.2, 0) is 11.3 Å². The number of carbonyl (C=O) groups excluding carboxylic acids is 1. The van der Waals surface area contributed by atoms with Gasteiger partial charge >= 0.3 is 12.2 Å². The number of nitrogens with one attached hydrogen (secondary N) is 3. The number of hydrogen-bond acceptors (Lipinski definition) is 6. The molecule has 2 aromatic rings. The smallest absolute Gasteiger partial charge is 0.411 e. The van der Waals surface area contributed by atoms with E-state index in [1.54, 1.807) is 11.3 Å². The summed E-state index contributed by atoms with van der Waals surface area (Å²) in [5.74, 6) is 0.366. The van der Waals surface area contributed by atoms with Gasteiger partial charge < -0.3 is 20.5 Å². The maximum atomic E-state index is 11.9. The molecule has 0 radical (unpaired) electrons. The quantitative estimate of drug-likeness (QED) is 0.487. The summed E-state index contributed by atoms with van der Waals surface area (Å²) in [6.45, 7) is 4.28. The number of amides is 2. The monoisotopic (exact) mass is 446 g/mol. The number of ether oxygens (including phenoxy) is 1. The van der Waals surface area contributed by atoms with E-state index in [0.717, 1.165) is 46.7 Å². The van der Waals surface area contributed by atoms with Crippen molar-refractivity contribution in [2.45, 2.75) is 64.1 Å². The van der Waals surface area contributed by atoms with Gasteiger partial charge in [0.1, 0.15) is 0 Å². The largest absolute Gasteiger partial charge is 0.465 e. The van der Waals surface area contributed by atoms with Crippen LogP contribution in [0.5, 0.6) is 0 Å². The molecule has 2 amide bonds. The Morgan fingerprint density at radius 1 is 1.26 bits per heavy atom. The van der Waals surface area contributed by atoms with Crippen molar-refractivity contribution in [1.29, 1.82) is 0 Å². The molecule has 168 valence electrons. The lowest BCUT2D eigenvalue weighted by Gasteiger charge is -2.27. The Morgan fingerprint density at radius 3 is 2.65 bits per heavy atom. The Balaban J connectivity index is 1.72. The number of rotatable bonds is 7. The van der Waals surface area contributed by atoms with E-state index < -0.39 is 12.2 Å². The van der Waals surface area contributed by atoms with Crippen LogP contribution in [0.2, 0.25) is 0 Å². The normalized spacial score (nSPS) is 18.6. The van der Waals surface area contributed by atoms with Gasteiger partial charge in [-0.3, -0.25) is 5.32 Å². The Bertz CT molecular complexity index is 907. The van der Waals surface area contributed by atoms with E-state index in [1.165, 1.54) is 0 Å². The first-order valence-corrected chi connectivity index (χ1v) is 11.4. The van der Waals surface area contributed by atoms with Gasteiger partial charge in [0.25, 0.3) is 0 Å². The molecule has 1 aromatic carbocycles. The Morgan fingerprint density at radius 2 is 2.00 bits per heavy atom. The Kier molecular flexibility index (Phi) is 7.86. The molecule has 0 aliphatic heterocycles. The van der Waals surface area contributed by atoms with Crippen molar-refractivity contribution >= 4 is 29.2 Å². The van der Waals surface area contributed by atoms with Gasteiger partial charge in [0.2, 0.25) is 0 Å². The van der Waals surface area contributed by atoms with Crippen LogP contribution in [0.3, 0.4) is 0 Å². The predicted octanol–water partition coefficient (Wildman–Crippen LogP) is 4.78. The minimum absolute atomic E-state index is 0.0397. The van der Waals surface area contributed by atoms with Crippen molar-refractivity contribution in [3.8, 4) is 10.4 Å². The summed E-state index contributed by atoms with van der Waals surface area (Å²) in [5, 5.41) is 18.5. The van der Waals surface area contributed by atoms with Gasteiger partial charge in [-0.1, -0.05) is 6.07 Å². The zero-order valence-corrected chi connectivity index (χ0v) is 18.9. The first-order chi connectivity index (χ1) is 14.9. The molecule has 31 heavy (non-hydrogen) atoms. The van der Waals surface area contributed by atoms with E-state index in [0.29, 0.717) is 18.2 Å². The maximum absolute atomic E-state index is 11.9. The third kappa shape index (κ3) is 6.41. The average molecular weight is 447 g/mol. The SMILES string of the molecule is CNCc1cc(NC(=O)OC(C)C)ccc1-c1cnc(C2CCC(NC(=O)O)CC2)s1. The van der Waals surface area contributed by atoms with Gasteiger partial charge in [0.05, 0.1) is 16.0 Å². The molecular weight excluding hydrogens is 416 g/mol. The zero-order chi connectivity index (χ0) is 22.4. The van der Waals surface area contributed by atoms with Crippen LogP contribution in [0.15, 0.2) is 24.4 Å². The third-order valence-electron chi connectivity index (χ3n) is 5.25. The maximum Gasteiger partial charge on any atom is 0.411 e. The van der Waals surface area contributed by atoms with E-state index in [1.807, 2.05) is 45.3 Å². The number of nitrogens with zero attached hydrogens (tertiary/aromatic N) is 1. The molecule has 0 bridgehead atoms. The van der Waals surface area contributed by atoms with E-state index in [2.05, 4.69) is 20.9 Å². The molecule has 0 atom stereocenters. The molecule has 1 aliphatic rings. The summed E-state index contributed by atoms with van der Waals surface area (Å²) in [7, 11) is 1.89. The highest BCUT2D eigenvalue weighted by atomic mass is 32.1. The van der Waals surface area contributed by atoms with Crippen molar-refractivity contribution in [3.05, 3.63) is 35.0 Å². The molecule has 1 aliphatic carbocycles. The second kappa shape index (κ2) is 10.6. The molecule has 4 N–H and O–H groups in total. The summed E-state index contributed by atoms with van der Waals surface area (Å²) in [6.07, 6.45) is 3.86. The lowest BCUT2D eigenvalue weighted by atomic mass is 9.86. The highest BCUT2D eigenvalue weighted by Gasteiger charge is 2.25. The summed E-state index contributed by atoms with van der Waals surface area (Å²) in [5.41, 5.74) is 2.84. The van der Waals surface area contributed by atoms with Crippen molar-refractivity contribution in [2.75, 3.05) is 12.4 Å². The molecule has 1 fully saturated rings. The van der Waals surface area contributed by atoms with Crippen LogP contribution < -0.4 is 16.0 Å². The first kappa shape index (κ1) is 23.0. The van der Waals surface area contributed by atoms with Crippen LogP contribution in [0, 0.1) is 0 Å². The number of thiazole rings is 1. The summed E-state index contributed by atoms with van der Waals surface area (Å²) in [6, 6.07) is 5.87. The highest BCUT2D eigenvalue weighted by Crippen LogP contribution is 2.39. The van der Waals surface area contributed by atoms with Crippen LogP contribution in [0.1, 0.15) is 56.0 Å². The standard InChI is InChI=1S/C22H30N4O4S/c1-13(2)30-22(29)26-17-8-9-18(15(10-17)11-23-3)19-12-24-20(31-19)14-4-6-16(7-5-14)25-21(27)28/h8-10,12-14,16,23,25H,4-7,11H2,1-3H3,(H,26,29)(H,27,28). The second-order valence-electron chi connectivity index (χ2n) is 8.04. The molecule has 0 saturated heterocycles. The first-order valence-electron chi connectivity index (χ1n) is 10.6. The molecule has 8 nitrogen and oxygen atoms in total. The fourth-order valence-electron chi connectivity index (χ4n) is 3.87. The Labute approximate surface area is 186 Å². The van der Waals surface area contributed by atoms with Crippen LogP contribution in [-0.4, -0.2) is 41.5 Å². The lowest BCUT2D eigenvalue weighted by molar-refractivity contribution is 0.130. The van der Waals surface area contributed by atoms with E-state index in [9.17, 15) is 9.59 Å². The number of anilines is 1. The molecule has 9 heteroatoms. The van der Waals surface area contributed by atoms with Gasteiger partial charge in [0.15, 0.2) is 0 Å². The zero-order valence-electron chi connectivity index (χ0n) is 18.1. The number of aromatic nitrogens is 1. The average Bonchev–Trinajstić information content (AvgIpc) is 3.18. The number of carbonyl (C=O) groups is 2. The van der Waals surface area contributed by atoms with E-state index in [-0.39, 0.29) is 12.1 Å². The van der Waals surface area contributed by atoms with Crippen LogP contribution in [0.25, 0.3) is 10.4 Å². The molecule has 1 heterocycles. The van der Waals surface area contributed by atoms with Crippen LogP contribution in [0.4, 0.5) is 15.3 Å². The van der Waals surface area contributed by atoms with Crippen molar-refractivity contribution in [1.82, 2.24) is 15.6 Å². The molecule has 3 rings (SSSR count). The van der Waals surface area contributed by atoms with Crippen molar-refractivity contribution in [2.24, 2.45) is 0 Å². The minimum atomic E-state index is -0.951. The Hall–Kier alpha value is -2.65. The molecule has 0 unspecified atom stereocenters. The number of hydrogen-bond donors (Lipinski definition) is 4. The second-order valence-corrected chi connectivity index (χ2v) is 9.10. The molecule has 1 saturated carbocycles. The van der Waals surface area contributed by atoms with Crippen molar-refractivity contribution < 1.29 is 19.4 Å². The molecule has 0 spiro atoms. The van der Waals surface area contributed by atoms with Gasteiger partial charge in [-0.05, 0) is 69.8 Å². The third-order valence-corrected chi connectivity index (χ3v) is 6.45. The lowest BCUT2D eigenvalue weighted by Crippen LogP contribution is -2.36. The van der Waals surface area contributed by atoms with Crippen LogP contribution >= 0.6 is 11.3 Å². The molecular formula is C22H30N4O4S.